The van der Waals surface area contributed by atoms with E-state index < -0.39 is 26.5 Å². The Morgan fingerprint density at radius 2 is 0.622 bits per heavy atom. The van der Waals surface area contributed by atoms with Gasteiger partial charge in [-0.1, -0.05) is 347 Å². The third-order valence-corrected chi connectivity index (χ3v) is 17.7. The van der Waals surface area contributed by atoms with Crippen molar-refractivity contribution < 1.29 is 42.1 Å². The van der Waals surface area contributed by atoms with Crippen LogP contribution in [0.1, 0.15) is 386 Å². The average molecular weight is 1180 g/mol. The first-order valence-corrected chi connectivity index (χ1v) is 37.9. The first-order valence-electron chi connectivity index (χ1n) is 36.4. The molecule has 0 aromatic heterocycles. The molecule has 0 aromatic carbocycles. The minimum Gasteiger partial charge on any atom is -0.756 e. The molecule has 0 bridgehead atoms. The van der Waals surface area contributed by atoms with Crippen LogP contribution in [0.2, 0.25) is 0 Å². The fourth-order valence-corrected chi connectivity index (χ4v) is 11.9. The van der Waals surface area contributed by atoms with Gasteiger partial charge < -0.3 is 27.9 Å². The zero-order valence-electron chi connectivity index (χ0n) is 55.7. The summed E-state index contributed by atoms with van der Waals surface area (Å²) in [4.78, 5) is 38.0. The summed E-state index contributed by atoms with van der Waals surface area (Å²) in [7, 11) is 1.19. The van der Waals surface area contributed by atoms with Crippen LogP contribution in [0, 0.1) is 0 Å². The Kier molecular flexibility index (Phi) is 63.3. The van der Waals surface area contributed by atoms with Crippen LogP contribution in [0.3, 0.4) is 0 Å². The molecule has 0 spiro atoms. The molecule has 0 radical (unpaired) electrons. The standard InChI is InChI=1S/C72H142NO8P/c1-6-8-10-12-14-16-18-20-22-24-26-28-29-30-31-32-33-34-35-36-37-38-39-40-41-42-43-45-47-49-51-53-55-57-59-61-63-65-72(75)81-70(69-80-82(76,77)79-67-66-73(3,4)5)68-78-71(74)64-62-60-58-56-54-52-50-48-46-44-27-25-23-21-19-17-15-13-11-9-7-2/h24,26,70H,6-23,25,27-69H2,1-5H3/b26-24-. The number of phosphoric acid groups is 1. The van der Waals surface area contributed by atoms with E-state index in [0.29, 0.717) is 17.4 Å². The lowest BCUT2D eigenvalue weighted by atomic mass is 10.0. The van der Waals surface area contributed by atoms with E-state index in [1.807, 2.05) is 21.1 Å². The van der Waals surface area contributed by atoms with Gasteiger partial charge in [-0.3, -0.25) is 14.2 Å². The lowest BCUT2D eigenvalue weighted by Crippen LogP contribution is -2.37. The highest BCUT2D eigenvalue weighted by Crippen LogP contribution is 2.38. The summed E-state index contributed by atoms with van der Waals surface area (Å²) >= 11 is 0. The lowest BCUT2D eigenvalue weighted by molar-refractivity contribution is -0.870. The molecule has 0 saturated carbocycles. The summed E-state index contributed by atoms with van der Waals surface area (Å²) in [6.45, 7) is 4.33. The highest BCUT2D eigenvalue weighted by molar-refractivity contribution is 7.45. The maximum absolute atomic E-state index is 12.9. The average Bonchev–Trinajstić information content (AvgIpc) is 3.46. The Morgan fingerprint density at radius 3 is 0.902 bits per heavy atom. The molecular weight excluding hydrogens is 1040 g/mol. The van der Waals surface area contributed by atoms with Gasteiger partial charge in [0.05, 0.1) is 27.7 Å². The van der Waals surface area contributed by atoms with E-state index in [1.54, 1.807) is 0 Å². The summed E-state index contributed by atoms with van der Waals surface area (Å²) in [5.41, 5.74) is 0. The number of esters is 2. The Morgan fingerprint density at radius 1 is 0.366 bits per heavy atom. The molecule has 488 valence electrons. The molecule has 0 rings (SSSR count). The molecule has 0 aromatic rings. The van der Waals surface area contributed by atoms with Gasteiger partial charge >= 0.3 is 11.9 Å². The topological polar surface area (TPSA) is 111 Å². The summed E-state index contributed by atoms with van der Waals surface area (Å²) in [5, 5.41) is 0. The molecule has 2 atom stereocenters. The van der Waals surface area contributed by atoms with Crippen molar-refractivity contribution in [2.75, 3.05) is 47.5 Å². The van der Waals surface area contributed by atoms with Gasteiger partial charge in [0.1, 0.15) is 19.8 Å². The quantitative estimate of drug-likeness (QED) is 0.0195. The molecule has 9 nitrogen and oxygen atoms in total. The van der Waals surface area contributed by atoms with E-state index in [2.05, 4.69) is 26.0 Å². The van der Waals surface area contributed by atoms with Crippen LogP contribution in [-0.2, 0) is 32.7 Å². The van der Waals surface area contributed by atoms with E-state index in [0.717, 1.165) is 32.1 Å². The van der Waals surface area contributed by atoms with Gasteiger partial charge in [0.25, 0.3) is 7.82 Å². The number of rotatable bonds is 69. The number of phosphoric ester groups is 1. The summed E-state index contributed by atoms with van der Waals surface area (Å²) in [5.74, 6) is -0.806. The maximum Gasteiger partial charge on any atom is 0.306 e. The minimum atomic E-state index is -4.63. The van der Waals surface area contributed by atoms with Crippen LogP contribution in [0.25, 0.3) is 0 Å². The van der Waals surface area contributed by atoms with Crippen LogP contribution in [-0.4, -0.2) is 70.0 Å². The molecule has 0 fully saturated rings. The molecule has 0 aliphatic carbocycles. The Hall–Kier alpha value is -1.25. The van der Waals surface area contributed by atoms with Gasteiger partial charge in [-0.05, 0) is 38.5 Å². The van der Waals surface area contributed by atoms with Crippen LogP contribution in [0.4, 0.5) is 0 Å². The number of carbonyl (C=O) groups excluding carboxylic acids is 2. The second-order valence-corrected chi connectivity index (χ2v) is 27.7. The first-order chi connectivity index (χ1) is 40.0. The van der Waals surface area contributed by atoms with Crippen LogP contribution in [0.5, 0.6) is 0 Å². The number of hydrogen-bond acceptors (Lipinski definition) is 8. The number of likely N-dealkylation sites (N-methyl/N-ethyl adjacent to an activating group) is 1. The fourth-order valence-electron chi connectivity index (χ4n) is 11.2. The third-order valence-electron chi connectivity index (χ3n) is 16.8. The van der Waals surface area contributed by atoms with Gasteiger partial charge in [-0.15, -0.1) is 0 Å². The second kappa shape index (κ2) is 64.2. The van der Waals surface area contributed by atoms with E-state index in [9.17, 15) is 19.0 Å². The van der Waals surface area contributed by atoms with E-state index in [1.165, 1.54) is 321 Å². The van der Waals surface area contributed by atoms with Crippen molar-refractivity contribution >= 4 is 19.8 Å². The predicted molar refractivity (Wildman–Crippen MR) is 352 cm³/mol. The van der Waals surface area contributed by atoms with E-state index >= 15 is 0 Å². The number of unbranched alkanes of at least 4 members (excludes halogenated alkanes) is 53. The van der Waals surface area contributed by atoms with Crippen molar-refractivity contribution in [1.29, 1.82) is 0 Å². The van der Waals surface area contributed by atoms with E-state index in [-0.39, 0.29) is 32.0 Å². The van der Waals surface area contributed by atoms with Gasteiger partial charge in [0, 0.05) is 12.8 Å². The molecule has 0 aliphatic rings. The summed E-state index contributed by atoms with van der Waals surface area (Å²) in [6.07, 6.45) is 78.9. The molecule has 82 heavy (non-hydrogen) atoms. The zero-order chi connectivity index (χ0) is 59.8. The van der Waals surface area contributed by atoms with Gasteiger partial charge in [-0.2, -0.15) is 0 Å². The summed E-state index contributed by atoms with van der Waals surface area (Å²) in [6, 6.07) is 0. The normalized spacial score (nSPS) is 13.1. The van der Waals surface area contributed by atoms with Crippen molar-refractivity contribution in [3.05, 3.63) is 12.2 Å². The van der Waals surface area contributed by atoms with Crippen LogP contribution >= 0.6 is 7.82 Å². The molecule has 0 N–H and O–H groups in total. The van der Waals surface area contributed by atoms with Crippen molar-refractivity contribution in [3.8, 4) is 0 Å². The Labute approximate surface area is 511 Å². The van der Waals surface area contributed by atoms with Crippen molar-refractivity contribution in [2.24, 2.45) is 0 Å². The molecule has 0 amide bonds. The smallest absolute Gasteiger partial charge is 0.306 e. The van der Waals surface area contributed by atoms with Crippen LogP contribution < -0.4 is 4.89 Å². The van der Waals surface area contributed by atoms with Crippen molar-refractivity contribution in [1.82, 2.24) is 0 Å². The zero-order valence-corrected chi connectivity index (χ0v) is 56.6. The Bertz CT molecular complexity index is 1390. The monoisotopic (exact) mass is 1180 g/mol. The first kappa shape index (κ1) is 80.8. The largest absolute Gasteiger partial charge is 0.756 e. The number of quaternary nitrogens is 1. The Balaban J connectivity index is 3.90. The second-order valence-electron chi connectivity index (χ2n) is 26.3. The SMILES string of the molecule is CCCCCCCCCC/C=C\CCCCCCCCCCCCCCCCCCCCCCCCCCCC(=O)OC(COC(=O)CCCCCCCCCCCCCCCCCCCCCCC)COP(=O)([O-])OCC[N+](C)(C)C. The molecule has 0 aliphatic heterocycles. The molecule has 0 saturated heterocycles. The summed E-state index contributed by atoms with van der Waals surface area (Å²) < 4.78 is 34.3. The maximum atomic E-state index is 12.9. The van der Waals surface area contributed by atoms with E-state index in [4.69, 9.17) is 18.5 Å². The molecular formula is C72H142NO8P. The van der Waals surface area contributed by atoms with Crippen LogP contribution in [0.15, 0.2) is 12.2 Å². The van der Waals surface area contributed by atoms with Crippen molar-refractivity contribution in [2.45, 2.75) is 392 Å². The number of hydrogen-bond donors (Lipinski definition) is 0. The number of carbonyl (C=O) groups is 2. The number of ether oxygens (including phenoxy) is 2. The fraction of sp³-hybridized carbons (Fsp3) is 0.944. The highest BCUT2D eigenvalue weighted by atomic mass is 31.2. The van der Waals surface area contributed by atoms with Gasteiger partial charge in [0.2, 0.25) is 0 Å². The molecule has 0 heterocycles. The highest BCUT2D eigenvalue weighted by Gasteiger charge is 2.22. The van der Waals surface area contributed by atoms with Crippen molar-refractivity contribution in [3.63, 3.8) is 0 Å². The third kappa shape index (κ3) is 67.9. The lowest BCUT2D eigenvalue weighted by Gasteiger charge is -2.28. The molecule has 10 heteroatoms. The minimum absolute atomic E-state index is 0.0256. The number of nitrogens with zero attached hydrogens (tertiary/aromatic N) is 1. The molecule has 2 unspecified atom stereocenters. The van der Waals surface area contributed by atoms with Gasteiger partial charge in [-0.25, -0.2) is 0 Å². The predicted octanol–water partition coefficient (Wildman–Crippen LogP) is 22.9. The number of allylic oxidation sites excluding steroid dienone is 2. The van der Waals surface area contributed by atoms with Gasteiger partial charge in [0.15, 0.2) is 6.10 Å².